The summed E-state index contributed by atoms with van der Waals surface area (Å²) < 4.78 is 252. The van der Waals surface area contributed by atoms with E-state index in [1.54, 1.807) is 66.7 Å². The Morgan fingerprint density at radius 3 is 1.15 bits per heavy atom. The van der Waals surface area contributed by atoms with Crippen molar-refractivity contribution in [1.29, 1.82) is 0 Å². The summed E-state index contributed by atoms with van der Waals surface area (Å²) in [5.74, 6) is 0.488. The van der Waals surface area contributed by atoms with Crippen LogP contribution in [0.5, 0.6) is 11.5 Å². The van der Waals surface area contributed by atoms with Crippen LogP contribution in [0.15, 0.2) is 148 Å². The van der Waals surface area contributed by atoms with Crippen LogP contribution in [0.1, 0.15) is 39.8 Å². The fraction of sp³-hybridized carbons (Fsp3) is 0.333. The van der Waals surface area contributed by atoms with E-state index in [2.05, 4.69) is 103 Å². The lowest BCUT2D eigenvalue weighted by Gasteiger charge is -2.04. The van der Waals surface area contributed by atoms with Gasteiger partial charge in [-0.3, -0.25) is 17.1 Å². The molecule has 0 bridgehead atoms. The molecule has 6 aromatic carbocycles. The second kappa shape index (κ2) is 48.1. The molecule has 0 radical (unpaired) electrons. The Morgan fingerprint density at radius 2 is 0.843 bits per heavy atom. The minimum atomic E-state index is -5.72. The first-order valence-corrected chi connectivity index (χ1v) is 36.0. The van der Waals surface area contributed by atoms with Crippen molar-refractivity contribution in [1.82, 2.24) is 0 Å². The first-order valence-electron chi connectivity index (χ1n) is 24.4. The molecule has 0 saturated heterocycles. The summed E-state index contributed by atoms with van der Waals surface area (Å²) in [5, 5.41) is 1.73. The predicted molar refractivity (Wildman–Crippen MR) is 336 cm³/mol. The van der Waals surface area contributed by atoms with Gasteiger partial charge in [-0.05, 0) is 98.6 Å². The number of hydrogen-bond donors (Lipinski definition) is 0. The minimum absolute atomic E-state index is 0.0317. The van der Waals surface area contributed by atoms with E-state index in [0.29, 0.717) is 27.7 Å². The number of alkyl halides is 14. The standard InChI is InChI=1S/C10H13FO3S.C9H11FO3S.C8H6BrFO2.C8H9FO3S.C7H6BrF.C7H6FI.C2H4BrF.C2H2F4O3S.CH2BrF/c1-9-3-5-10(6-4-9)15(12,13)14-8-2-7-11;1-8-2-4-9(5-3-8)14(11,12)13-7-6-10;9-3-5-1-7-8(2-6(5)10)12-4-11-7;1-7-2-4-8(5-3-7)13(10,11)12-6-9;8-5-6-1-3-7(9)4-2-6;8-7-3-1-6(5-9)2-4-7;3-1-2-4;3-1-9-10(7,8)2(4,5)6;2-1-3/h3-6H,2,7-8H2,1H3;2-5H,6-7H2,1H3;1-2H,3-4H2;2-5H,6H2,1H3;2*1-4H,5H2;1-2H2;1H2;1H2/i11-1;2*10-1;2*9-1;8-1;4-1;2*3-1. The molecule has 89 heavy (non-hydrogen) atoms. The SMILES string of the molecule is Cc1ccc(S(=O)(=O)OCCC[18F])cc1.Cc1ccc(S(=O)(=O)OCC[18F])cc1.Cc1ccc(S(=O)(=O)OC[18F])cc1.O=S(=O)(OC[18F])C(F)(F)F.[18F]CBr.[18F]CCBr.[18F]c1cc2c(cc1CBr)OCO2.[18F]c1ccc(CBr)cc1.[18F]c1ccc(CI)cc1. The van der Waals surface area contributed by atoms with Gasteiger partial charge < -0.3 is 9.47 Å². The second-order valence-electron chi connectivity index (χ2n) is 16.0. The summed E-state index contributed by atoms with van der Waals surface area (Å²) in [7, 11) is -17.1. The van der Waals surface area contributed by atoms with Crippen molar-refractivity contribution >= 4 is 127 Å². The zero-order chi connectivity index (χ0) is 68.3. The lowest BCUT2D eigenvalue weighted by atomic mass is 10.2. The maximum absolute atomic E-state index is 13.1. The van der Waals surface area contributed by atoms with Crippen molar-refractivity contribution in [2.24, 2.45) is 0 Å². The van der Waals surface area contributed by atoms with Crippen molar-refractivity contribution in [3.8, 4) is 11.5 Å². The molecular weight excluding hydrogens is 1670 g/mol. The van der Waals surface area contributed by atoms with Gasteiger partial charge in [-0.1, -0.05) is 164 Å². The average molecular weight is 1730 g/mol. The number of rotatable bonds is 18. The summed E-state index contributed by atoms with van der Waals surface area (Å²) >= 11 is 14.0. The summed E-state index contributed by atoms with van der Waals surface area (Å²) in [6, 6.07) is 34.4. The van der Waals surface area contributed by atoms with E-state index in [4.69, 9.17) is 9.47 Å². The molecule has 1 aliphatic rings. The Labute approximate surface area is 557 Å². The summed E-state index contributed by atoms with van der Waals surface area (Å²) in [5.41, 5.74) is -0.287. The highest BCUT2D eigenvalue weighted by Crippen LogP contribution is 2.35. The van der Waals surface area contributed by atoms with E-state index in [-0.39, 0.29) is 58.6 Å². The largest absolute Gasteiger partial charge is 0.523 e. The molecule has 0 aromatic heterocycles. The normalized spacial score (nSPS) is 11.3. The van der Waals surface area contributed by atoms with Crippen LogP contribution in [0, 0.1) is 38.2 Å². The van der Waals surface area contributed by atoms with Crippen molar-refractivity contribution in [3.05, 3.63) is 184 Å². The quantitative estimate of drug-likeness (QED) is 0.0197. The molecule has 502 valence electrons. The van der Waals surface area contributed by atoms with Crippen LogP contribution in [0.4, 0.5) is 52.7 Å². The van der Waals surface area contributed by atoms with E-state index in [1.165, 1.54) is 66.7 Å². The van der Waals surface area contributed by atoms with E-state index in [1.807, 2.05) is 20.8 Å². The van der Waals surface area contributed by atoms with E-state index in [9.17, 15) is 86.4 Å². The van der Waals surface area contributed by atoms with Gasteiger partial charge in [-0.15, -0.1) is 0 Å². The average Bonchev–Trinajstić information content (AvgIpc) is 2.86. The van der Waals surface area contributed by atoms with Gasteiger partial charge in [-0.2, -0.15) is 46.8 Å². The van der Waals surface area contributed by atoms with E-state index >= 15 is 0 Å². The van der Waals surface area contributed by atoms with Crippen molar-refractivity contribution < 1.29 is 113 Å². The Morgan fingerprint density at radius 1 is 0.483 bits per heavy atom. The van der Waals surface area contributed by atoms with Gasteiger partial charge in [0.05, 0.1) is 41.2 Å². The van der Waals surface area contributed by atoms with E-state index in [0.717, 1.165) is 37.6 Å². The maximum atomic E-state index is 13.1. The molecule has 0 fully saturated rings. The number of halogens is 17. The number of hydrogen-bond acceptors (Lipinski definition) is 14. The molecule has 0 unspecified atom stereocenters. The fourth-order valence-corrected chi connectivity index (χ4v) is 9.19. The van der Waals surface area contributed by atoms with Crippen LogP contribution >= 0.6 is 86.3 Å². The van der Waals surface area contributed by atoms with Gasteiger partial charge in [-0.25, -0.2) is 39.1 Å². The topological polar surface area (TPSA) is 192 Å². The van der Waals surface area contributed by atoms with Crippen LogP contribution < -0.4 is 9.47 Å². The third kappa shape index (κ3) is 38.9. The Hall–Kier alpha value is -3.63. The highest BCUT2D eigenvalue weighted by Gasteiger charge is 2.47. The van der Waals surface area contributed by atoms with Crippen LogP contribution in [0.25, 0.3) is 0 Å². The molecular formula is C54H59Br4F12IO14S4. The van der Waals surface area contributed by atoms with Crippen LogP contribution in [0.3, 0.4) is 0 Å². The van der Waals surface area contributed by atoms with Gasteiger partial charge in [0.15, 0.2) is 11.5 Å². The first kappa shape index (κ1) is 87.4. The molecule has 0 atom stereocenters. The zero-order valence-corrected chi connectivity index (χ0v) is 58.6. The highest BCUT2D eigenvalue weighted by molar-refractivity contribution is 14.1. The van der Waals surface area contributed by atoms with Gasteiger partial charge in [0.25, 0.3) is 30.4 Å². The summed E-state index contributed by atoms with van der Waals surface area (Å²) in [6.45, 7) is 0.154. The Kier molecular flexibility index (Phi) is 47.3. The fourth-order valence-electron chi connectivity index (χ4n) is 5.08. The summed E-state index contributed by atoms with van der Waals surface area (Å²) in [4.78, 5) is 0.124. The molecule has 0 spiro atoms. The van der Waals surface area contributed by atoms with Crippen LogP contribution in [0.2, 0.25) is 0 Å². The zero-order valence-electron chi connectivity index (χ0n) is 46.9. The number of aryl methyl sites for hydroxylation is 3. The van der Waals surface area contributed by atoms with E-state index < -0.39 is 85.2 Å². The third-order valence-electron chi connectivity index (χ3n) is 9.34. The molecule has 0 aliphatic carbocycles. The highest BCUT2D eigenvalue weighted by atomic mass is 127. The van der Waals surface area contributed by atoms with Crippen LogP contribution in [-0.2, 0) is 72.3 Å². The van der Waals surface area contributed by atoms with Crippen molar-refractivity contribution in [2.45, 2.75) is 62.5 Å². The molecule has 35 heteroatoms. The molecule has 6 aromatic rings. The first-order chi connectivity index (χ1) is 41.8. The molecule has 0 saturated carbocycles. The maximum Gasteiger partial charge on any atom is 0.523 e. The molecule has 0 amide bonds. The molecule has 0 N–H and O–H groups in total. The number of benzene rings is 6. The van der Waals surface area contributed by atoms with Crippen molar-refractivity contribution in [2.75, 3.05) is 64.7 Å². The van der Waals surface area contributed by atoms with Gasteiger partial charge in [0, 0.05) is 38.5 Å². The predicted octanol–water partition coefficient (Wildman–Crippen LogP) is 16.7. The second-order valence-corrected chi connectivity index (χ2v) is 25.5. The third-order valence-corrected chi connectivity index (χ3v) is 16.6. The summed E-state index contributed by atoms with van der Waals surface area (Å²) in [6.07, 6.45) is 0.0884. The minimum Gasteiger partial charge on any atom is -0.454 e. The van der Waals surface area contributed by atoms with Gasteiger partial charge in [0.2, 0.25) is 20.5 Å². The smallest absolute Gasteiger partial charge is 0.454 e. The number of fused-ring (bicyclic) bond motifs is 1. The molecule has 1 heterocycles. The van der Waals surface area contributed by atoms with Crippen molar-refractivity contribution in [3.63, 3.8) is 0 Å². The monoisotopic (exact) mass is 1720 g/mol. The lowest BCUT2D eigenvalue weighted by Crippen LogP contribution is -2.25. The Bertz CT molecular complexity index is 3270. The molecule has 7 rings (SSSR count). The van der Waals surface area contributed by atoms with Gasteiger partial charge >= 0.3 is 15.6 Å². The number of ether oxygens (including phenoxy) is 2. The lowest BCUT2D eigenvalue weighted by molar-refractivity contribution is -0.0567. The van der Waals surface area contributed by atoms with Crippen LogP contribution in [-0.4, -0.2) is 104 Å². The molecule has 14 nitrogen and oxygen atoms in total. The van der Waals surface area contributed by atoms with Gasteiger partial charge in [0.1, 0.15) is 29.7 Å². The molecule has 1 aliphatic heterocycles. The Balaban J connectivity index is 0.